The summed E-state index contributed by atoms with van der Waals surface area (Å²) in [6.45, 7) is 3.15. The summed E-state index contributed by atoms with van der Waals surface area (Å²) in [6.07, 6.45) is 6.85. The van der Waals surface area contributed by atoms with E-state index >= 15 is 0 Å². The van der Waals surface area contributed by atoms with Crippen LogP contribution in [0.25, 0.3) is 0 Å². The lowest BCUT2D eigenvalue weighted by Gasteiger charge is -2.07. The van der Waals surface area contributed by atoms with E-state index < -0.39 is 0 Å². The second-order valence-corrected chi connectivity index (χ2v) is 6.60. The molecule has 0 saturated heterocycles. The van der Waals surface area contributed by atoms with E-state index in [0.717, 1.165) is 24.5 Å². The maximum atomic E-state index is 4.36. The lowest BCUT2D eigenvalue weighted by atomic mass is 10.1. The average Bonchev–Trinajstić information content (AvgIpc) is 2.99. The zero-order valence-corrected chi connectivity index (χ0v) is 13.4. The van der Waals surface area contributed by atoms with Crippen molar-refractivity contribution in [3.63, 3.8) is 0 Å². The third kappa shape index (κ3) is 3.79. The second-order valence-electron chi connectivity index (χ2n) is 5.55. The number of benzene rings is 1. The Hall–Kier alpha value is -1.48. The van der Waals surface area contributed by atoms with Crippen LogP contribution in [0, 0.1) is 0 Å². The van der Waals surface area contributed by atoms with E-state index in [4.69, 9.17) is 0 Å². The summed E-state index contributed by atoms with van der Waals surface area (Å²) < 4.78 is 0. The van der Waals surface area contributed by atoms with Crippen molar-refractivity contribution in [2.24, 2.45) is 0 Å². The van der Waals surface area contributed by atoms with E-state index in [9.17, 15) is 0 Å². The summed E-state index contributed by atoms with van der Waals surface area (Å²) in [5.41, 5.74) is 4.43. The highest BCUT2D eigenvalue weighted by molar-refractivity contribution is 7.98. The van der Waals surface area contributed by atoms with Crippen LogP contribution in [0.15, 0.2) is 41.4 Å². The fraction of sp³-hybridized carbons (Fsp3) is 0.389. The van der Waals surface area contributed by atoms with Crippen molar-refractivity contribution in [2.75, 3.05) is 11.9 Å². The highest BCUT2D eigenvalue weighted by atomic mass is 32.2. The Balaban J connectivity index is 1.62. The lowest BCUT2D eigenvalue weighted by molar-refractivity contribution is 0.911. The maximum Gasteiger partial charge on any atom is 0.126 e. The second kappa shape index (κ2) is 6.99. The van der Waals surface area contributed by atoms with Gasteiger partial charge in [0, 0.05) is 23.4 Å². The molecule has 0 saturated carbocycles. The van der Waals surface area contributed by atoms with Crippen molar-refractivity contribution in [1.29, 1.82) is 0 Å². The molecule has 2 nitrogen and oxygen atoms in total. The lowest BCUT2D eigenvalue weighted by Crippen LogP contribution is -2.01. The van der Waals surface area contributed by atoms with Gasteiger partial charge in [-0.3, -0.25) is 0 Å². The van der Waals surface area contributed by atoms with Gasteiger partial charge in [-0.15, -0.1) is 11.8 Å². The number of fused-ring (bicyclic) bond motifs is 1. The van der Waals surface area contributed by atoms with Gasteiger partial charge >= 0.3 is 0 Å². The molecule has 2 aromatic rings. The summed E-state index contributed by atoms with van der Waals surface area (Å²) >= 11 is 1.92. The molecule has 0 fully saturated rings. The van der Waals surface area contributed by atoms with Gasteiger partial charge in [0.15, 0.2) is 0 Å². The molecular weight excluding hydrogens is 276 g/mol. The Labute approximate surface area is 131 Å². The topological polar surface area (TPSA) is 24.9 Å². The zero-order valence-electron chi connectivity index (χ0n) is 12.6. The Morgan fingerprint density at radius 2 is 2.05 bits per heavy atom. The number of anilines is 1. The van der Waals surface area contributed by atoms with Crippen molar-refractivity contribution in [3.05, 3.63) is 53.2 Å². The quantitative estimate of drug-likeness (QED) is 0.783. The highest BCUT2D eigenvalue weighted by Crippen LogP contribution is 2.29. The van der Waals surface area contributed by atoms with E-state index in [0.29, 0.717) is 0 Å². The van der Waals surface area contributed by atoms with Gasteiger partial charge in [-0.2, -0.15) is 0 Å². The number of thioether (sulfide) groups is 1. The molecule has 21 heavy (non-hydrogen) atoms. The van der Waals surface area contributed by atoms with Crippen LogP contribution in [0.2, 0.25) is 0 Å². The summed E-state index contributed by atoms with van der Waals surface area (Å²) in [5, 5.41) is 3.35. The Bertz CT molecular complexity index is 610. The van der Waals surface area contributed by atoms with E-state index in [1.807, 2.05) is 18.0 Å². The first kappa shape index (κ1) is 14.5. The molecule has 0 aliphatic heterocycles. The molecule has 110 valence electrons. The first-order chi connectivity index (χ1) is 10.3. The van der Waals surface area contributed by atoms with Crippen molar-refractivity contribution in [3.8, 4) is 0 Å². The van der Waals surface area contributed by atoms with Crippen molar-refractivity contribution >= 4 is 17.6 Å². The third-order valence-corrected chi connectivity index (χ3v) is 4.92. The van der Waals surface area contributed by atoms with Crippen LogP contribution in [0.3, 0.4) is 0 Å². The number of pyridine rings is 1. The minimum Gasteiger partial charge on any atom is -0.370 e. The number of nitrogens with zero attached hydrogens (tertiary/aromatic N) is 1. The smallest absolute Gasteiger partial charge is 0.126 e. The van der Waals surface area contributed by atoms with Crippen LogP contribution in [0.4, 0.5) is 5.82 Å². The summed E-state index contributed by atoms with van der Waals surface area (Å²) in [4.78, 5) is 5.74. The summed E-state index contributed by atoms with van der Waals surface area (Å²) in [6, 6.07) is 11.2. The Kier molecular flexibility index (Phi) is 4.81. The minimum absolute atomic E-state index is 0.981. The van der Waals surface area contributed by atoms with E-state index in [2.05, 4.69) is 47.6 Å². The first-order valence-electron chi connectivity index (χ1n) is 7.78. The molecule has 0 unspecified atom stereocenters. The predicted molar refractivity (Wildman–Crippen MR) is 91.0 cm³/mol. The van der Waals surface area contributed by atoms with E-state index in [-0.39, 0.29) is 0 Å². The normalized spacial score (nSPS) is 13.2. The molecule has 0 amide bonds. The number of aryl methyl sites for hydroxylation is 2. The number of nitrogens with one attached hydrogen (secondary N) is 1. The van der Waals surface area contributed by atoms with E-state index in [1.54, 1.807) is 11.1 Å². The number of aromatic nitrogens is 1. The van der Waals surface area contributed by atoms with Gasteiger partial charge in [-0.25, -0.2) is 4.98 Å². The van der Waals surface area contributed by atoms with Crippen LogP contribution >= 0.6 is 11.8 Å². The largest absolute Gasteiger partial charge is 0.370 e. The van der Waals surface area contributed by atoms with Gasteiger partial charge < -0.3 is 5.32 Å². The Morgan fingerprint density at radius 1 is 1.14 bits per heavy atom. The van der Waals surface area contributed by atoms with Gasteiger partial charge in [0.25, 0.3) is 0 Å². The van der Waals surface area contributed by atoms with Crippen LogP contribution in [0.5, 0.6) is 0 Å². The number of hydrogen-bond donors (Lipinski definition) is 1. The van der Waals surface area contributed by atoms with Crippen molar-refractivity contribution in [1.82, 2.24) is 4.98 Å². The third-order valence-electron chi connectivity index (χ3n) is 3.86. The molecule has 1 N–H and O–H groups in total. The molecule has 0 bridgehead atoms. The Morgan fingerprint density at radius 3 is 2.95 bits per heavy atom. The molecule has 0 spiro atoms. The monoisotopic (exact) mass is 298 g/mol. The highest BCUT2D eigenvalue weighted by Gasteiger charge is 2.10. The first-order valence-corrected chi connectivity index (χ1v) is 8.77. The zero-order chi connectivity index (χ0) is 14.5. The van der Waals surface area contributed by atoms with E-state index in [1.165, 1.54) is 29.7 Å². The molecule has 1 aromatic heterocycles. The molecule has 3 heteroatoms. The fourth-order valence-corrected chi connectivity index (χ4v) is 3.62. The van der Waals surface area contributed by atoms with Crippen molar-refractivity contribution in [2.45, 2.75) is 43.3 Å². The molecule has 3 rings (SSSR count). The maximum absolute atomic E-state index is 4.36. The van der Waals surface area contributed by atoms with Gasteiger partial charge in [0.1, 0.15) is 5.82 Å². The van der Waals surface area contributed by atoms with Crippen LogP contribution < -0.4 is 5.32 Å². The van der Waals surface area contributed by atoms with Crippen molar-refractivity contribution < 1.29 is 0 Å². The number of hydrogen-bond acceptors (Lipinski definition) is 3. The molecule has 1 aliphatic rings. The van der Waals surface area contributed by atoms with Crippen LogP contribution in [0.1, 0.15) is 36.5 Å². The molecule has 1 aromatic carbocycles. The van der Waals surface area contributed by atoms with Gasteiger partial charge in [0.05, 0.1) is 0 Å². The standard InChI is InChI=1S/C18H22N2S/c1-2-9-19-18-11-14(8-10-20-18)13-21-17-7-6-15-4-3-5-16(15)12-17/h6-8,10-12H,2-5,9,13H2,1H3,(H,19,20). The van der Waals surface area contributed by atoms with Gasteiger partial charge in [-0.05, 0) is 66.6 Å². The molecule has 1 heterocycles. The van der Waals surface area contributed by atoms with Crippen LogP contribution in [-0.2, 0) is 18.6 Å². The number of rotatable bonds is 6. The average molecular weight is 298 g/mol. The molecule has 0 radical (unpaired) electrons. The predicted octanol–water partition coefficient (Wildman–Crippen LogP) is 4.68. The van der Waals surface area contributed by atoms with Gasteiger partial charge in [0.2, 0.25) is 0 Å². The SMILES string of the molecule is CCCNc1cc(CSc2ccc3c(c2)CCC3)ccn1. The molecule has 0 atom stereocenters. The molecule has 1 aliphatic carbocycles. The molecular formula is C18H22N2S. The summed E-state index contributed by atoms with van der Waals surface area (Å²) in [5.74, 6) is 1.99. The fourth-order valence-electron chi connectivity index (χ4n) is 2.72. The summed E-state index contributed by atoms with van der Waals surface area (Å²) in [7, 11) is 0. The van der Waals surface area contributed by atoms with Crippen LogP contribution in [-0.4, -0.2) is 11.5 Å². The van der Waals surface area contributed by atoms with Gasteiger partial charge in [-0.1, -0.05) is 13.0 Å². The minimum atomic E-state index is 0.981.